The Labute approximate surface area is 160 Å². The lowest BCUT2D eigenvalue weighted by Crippen LogP contribution is -2.25. The predicted molar refractivity (Wildman–Crippen MR) is 104 cm³/mol. The lowest BCUT2D eigenvalue weighted by Gasteiger charge is -2.10. The van der Waals surface area contributed by atoms with E-state index in [1.165, 1.54) is 47.4 Å². The van der Waals surface area contributed by atoms with E-state index in [0.717, 1.165) is 24.3 Å². The number of hydrogen-bond donors (Lipinski definition) is 2. The number of rotatable bonds is 9. The fraction of sp³-hybridized carbons (Fsp3) is 0.412. The number of nitrogens with zero attached hydrogens (tertiary/aromatic N) is 2. The molecule has 0 aliphatic rings. The summed E-state index contributed by atoms with van der Waals surface area (Å²) in [5.41, 5.74) is 0.516. The highest BCUT2D eigenvalue weighted by molar-refractivity contribution is 8.01. The van der Waals surface area contributed by atoms with Crippen molar-refractivity contribution < 1.29 is 14.0 Å². The van der Waals surface area contributed by atoms with E-state index in [9.17, 15) is 14.0 Å². The third-order valence-corrected chi connectivity index (χ3v) is 5.44. The van der Waals surface area contributed by atoms with Crippen molar-refractivity contribution in [3.63, 3.8) is 0 Å². The summed E-state index contributed by atoms with van der Waals surface area (Å²) in [5, 5.41) is 14.4. The van der Waals surface area contributed by atoms with E-state index in [1.54, 1.807) is 6.92 Å². The van der Waals surface area contributed by atoms with Gasteiger partial charge in [-0.3, -0.25) is 14.9 Å². The van der Waals surface area contributed by atoms with Crippen LogP contribution in [-0.4, -0.2) is 33.0 Å². The molecule has 6 nitrogen and oxygen atoms in total. The van der Waals surface area contributed by atoms with Crippen LogP contribution in [0.1, 0.15) is 31.7 Å². The molecule has 9 heteroatoms. The number of aromatic nitrogens is 2. The molecule has 1 aromatic heterocycles. The Morgan fingerprint density at radius 2 is 1.96 bits per heavy atom. The Hall–Kier alpha value is -2.00. The molecule has 0 radical (unpaired) electrons. The van der Waals surface area contributed by atoms with E-state index in [4.69, 9.17) is 0 Å². The monoisotopic (exact) mass is 396 g/mol. The number of carbonyl (C=O) groups is 2. The van der Waals surface area contributed by atoms with Crippen molar-refractivity contribution in [2.24, 2.45) is 0 Å². The molecule has 1 unspecified atom stereocenters. The number of amides is 2. The van der Waals surface area contributed by atoms with Crippen molar-refractivity contribution in [1.29, 1.82) is 0 Å². The zero-order chi connectivity index (χ0) is 18.9. The van der Waals surface area contributed by atoms with Crippen LogP contribution in [-0.2, 0) is 16.0 Å². The molecule has 2 rings (SSSR count). The number of anilines is 2. The average Bonchev–Trinajstić information content (AvgIpc) is 3.07. The van der Waals surface area contributed by atoms with E-state index in [1.807, 2.05) is 0 Å². The van der Waals surface area contributed by atoms with Gasteiger partial charge >= 0.3 is 0 Å². The Morgan fingerprint density at radius 1 is 1.23 bits per heavy atom. The maximum atomic E-state index is 12.8. The van der Waals surface area contributed by atoms with Gasteiger partial charge in [-0.05, 0) is 37.6 Å². The van der Waals surface area contributed by atoms with Crippen molar-refractivity contribution in [2.75, 3.05) is 16.4 Å². The number of aryl methyl sites for hydroxylation is 1. The van der Waals surface area contributed by atoms with Crippen molar-refractivity contribution in [3.8, 4) is 0 Å². The normalized spacial score (nSPS) is 11.8. The molecule has 0 saturated carbocycles. The first-order valence-electron chi connectivity index (χ1n) is 8.28. The highest BCUT2D eigenvalue weighted by Gasteiger charge is 2.17. The molecule has 2 amide bonds. The standard InChI is InChI=1S/C17H21FN4O2S2/c1-3-4-5-15-21-22-17(26-15)20-16(24)11(2)25-10-14(23)19-13-8-6-12(18)7-9-13/h6-9,11H,3-5,10H2,1-2H3,(H,19,23)(H,20,22,24). The Bertz CT molecular complexity index is 737. The van der Waals surface area contributed by atoms with Crippen LogP contribution in [0.15, 0.2) is 24.3 Å². The van der Waals surface area contributed by atoms with E-state index in [2.05, 4.69) is 27.8 Å². The van der Waals surface area contributed by atoms with Crippen LogP contribution in [0.3, 0.4) is 0 Å². The molecule has 140 valence electrons. The molecule has 0 spiro atoms. The van der Waals surface area contributed by atoms with Crippen LogP contribution >= 0.6 is 23.1 Å². The van der Waals surface area contributed by atoms with Crippen LogP contribution in [0.25, 0.3) is 0 Å². The fourth-order valence-electron chi connectivity index (χ4n) is 1.95. The molecule has 0 aliphatic heterocycles. The zero-order valence-corrected chi connectivity index (χ0v) is 16.3. The maximum Gasteiger partial charge on any atom is 0.239 e. The smallest absolute Gasteiger partial charge is 0.239 e. The molecule has 0 saturated heterocycles. The summed E-state index contributed by atoms with van der Waals surface area (Å²) in [7, 11) is 0. The quantitative estimate of drug-likeness (QED) is 0.675. The van der Waals surface area contributed by atoms with Gasteiger partial charge in [0.25, 0.3) is 0 Å². The maximum absolute atomic E-state index is 12.8. The van der Waals surface area contributed by atoms with E-state index >= 15 is 0 Å². The van der Waals surface area contributed by atoms with Gasteiger partial charge in [0, 0.05) is 12.1 Å². The summed E-state index contributed by atoms with van der Waals surface area (Å²) in [6.07, 6.45) is 2.98. The molecule has 1 aromatic carbocycles. The van der Waals surface area contributed by atoms with Crippen molar-refractivity contribution >= 4 is 45.7 Å². The average molecular weight is 397 g/mol. The van der Waals surface area contributed by atoms with Crippen LogP contribution in [0.2, 0.25) is 0 Å². The second-order valence-corrected chi connectivity index (χ2v) is 7.99. The molecule has 0 bridgehead atoms. The summed E-state index contributed by atoms with van der Waals surface area (Å²) in [6, 6.07) is 5.52. The number of nitrogens with one attached hydrogen (secondary N) is 2. The molecule has 1 heterocycles. The molecular weight excluding hydrogens is 375 g/mol. The van der Waals surface area contributed by atoms with Crippen molar-refractivity contribution in [3.05, 3.63) is 35.1 Å². The highest BCUT2D eigenvalue weighted by Crippen LogP contribution is 2.19. The van der Waals surface area contributed by atoms with Gasteiger partial charge in [0.2, 0.25) is 16.9 Å². The van der Waals surface area contributed by atoms with Gasteiger partial charge in [-0.15, -0.1) is 22.0 Å². The summed E-state index contributed by atoms with van der Waals surface area (Å²) >= 11 is 2.59. The van der Waals surface area contributed by atoms with E-state index in [0.29, 0.717) is 10.8 Å². The Kier molecular flexibility index (Phi) is 7.99. The third-order valence-electron chi connectivity index (χ3n) is 3.40. The molecule has 0 aliphatic carbocycles. The van der Waals surface area contributed by atoms with Crippen LogP contribution in [0.5, 0.6) is 0 Å². The van der Waals surface area contributed by atoms with Crippen LogP contribution in [0.4, 0.5) is 15.2 Å². The lowest BCUT2D eigenvalue weighted by atomic mass is 10.3. The Morgan fingerprint density at radius 3 is 2.65 bits per heavy atom. The lowest BCUT2D eigenvalue weighted by molar-refractivity contribution is -0.115. The van der Waals surface area contributed by atoms with Gasteiger partial charge in [-0.25, -0.2) is 4.39 Å². The molecule has 2 N–H and O–H groups in total. The highest BCUT2D eigenvalue weighted by atomic mass is 32.2. The minimum absolute atomic E-state index is 0.115. The minimum Gasteiger partial charge on any atom is -0.325 e. The largest absolute Gasteiger partial charge is 0.325 e. The molecule has 1 atom stereocenters. The summed E-state index contributed by atoms with van der Waals surface area (Å²) in [6.45, 7) is 3.83. The van der Waals surface area contributed by atoms with E-state index < -0.39 is 5.25 Å². The van der Waals surface area contributed by atoms with Gasteiger partial charge in [-0.2, -0.15) is 0 Å². The first kappa shape index (κ1) is 20.3. The second-order valence-electron chi connectivity index (χ2n) is 5.60. The minimum atomic E-state index is -0.419. The van der Waals surface area contributed by atoms with Crippen LogP contribution in [0, 0.1) is 5.82 Å². The van der Waals surface area contributed by atoms with Crippen molar-refractivity contribution in [2.45, 2.75) is 38.4 Å². The van der Waals surface area contributed by atoms with Gasteiger partial charge in [-0.1, -0.05) is 24.7 Å². The topological polar surface area (TPSA) is 84.0 Å². The third kappa shape index (κ3) is 6.72. The number of carbonyl (C=O) groups excluding carboxylic acids is 2. The number of hydrogen-bond acceptors (Lipinski definition) is 6. The van der Waals surface area contributed by atoms with Gasteiger partial charge < -0.3 is 5.32 Å². The number of halogens is 1. The molecule has 26 heavy (non-hydrogen) atoms. The zero-order valence-electron chi connectivity index (χ0n) is 14.6. The first-order chi connectivity index (χ1) is 12.5. The number of unbranched alkanes of at least 4 members (excludes halogenated alkanes) is 1. The SMILES string of the molecule is CCCCc1nnc(NC(=O)C(C)SCC(=O)Nc2ccc(F)cc2)s1. The van der Waals surface area contributed by atoms with Crippen molar-refractivity contribution in [1.82, 2.24) is 10.2 Å². The number of benzene rings is 1. The van der Waals surface area contributed by atoms with Gasteiger partial charge in [0.05, 0.1) is 11.0 Å². The number of thioether (sulfide) groups is 1. The Balaban J connectivity index is 1.74. The molecule has 0 fully saturated rings. The predicted octanol–water partition coefficient (Wildman–Crippen LogP) is 3.72. The van der Waals surface area contributed by atoms with E-state index in [-0.39, 0.29) is 23.4 Å². The summed E-state index contributed by atoms with van der Waals surface area (Å²) in [5.74, 6) is -0.719. The summed E-state index contributed by atoms with van der Waals surface area (Å²) in [4.78, 5) is 24.1. The van der Waals surface area contributed by atoms with Crippen LogP contribution < -0.4 is 10.6 Å². The second kappa shape index (κ2) is 10.2. The summed E-state index contributed by atoms with van der Waals surface area (Å²) < 4.78 is 12.8. The fourth-order valence-corrected chi connectivity index (χ4v) is 3.42. The van der Waals surface area contributed by atoms with Gasteiger partial charge in [0.1, 0.15) is 10.8 Å². The molecular formula is C17H21FN4O2S2. The molecule has 2 aromatic rings. The van der Waals surface area contributed by atoms with Gasteiger partial charge in [0.15, 0.2) is 0 Å². The first-order valence-corrected chi connectivity index (χ1v) is 10.1.